The first-order chi connectivity index (χ1) is 9.40. The second-order valence-electron chi connectivity index (χ2n) is 3.98. The van der Waals surface area contributed by atoms with Crippen molar-refractivity contribution >= 4 is 17.0 Å². The molecule has 0 spiro atoms. The molecular weight excluding hydrogens is 277 g/mol. The van der Waals surface area contributed by atoms with Gasteiger partial charge in [0.2, 0.25) is 0 Å². The van der Waals surface area contributed by atoms with Gasteiger partial charge in [-0.2, -0.15) is 13.2 Å². The van der Waals surface area contributed by atoms with E-state index in [-0.39, 0.29) is 18.0 Å². The molecule has 0 fully saturated rings. The van der Waals surface area contributed by atoms with Crippen LogP contribution in [0.15, 0.2) is 18.2 Å². The van der Waals surface area contributed by atoms with Crippen LogP contribution < -0.4 is 0 Å². The number of benzene rings is 1. The van der Waals surface area contributed by atoms with Gasteiger partial charge in [0.05, 0.1) is 18.2 Å². The molecule has 0 atom stereocenters. The number of H-pyrrole nitrogens is 1. The van der Waals surface area contributed by atoms with Gasteiger partial charge in [-0.15, -0.1) is 0 Å². The number of alkyl halides is 3. The Morgan fingerprint density at radius 2 is 2.15 bits per heavy atom. The third-order valence-electron chi connectivity index (χ3n) is 2.47. The summed E-state index contributed by atoms with van der Waals surface area (Å²) in [5.74, 6) is -0.356. The molecular formula is C12H11F3N2O3. The number of rotatable bonds is 4. The number of carbonyl (C=O) groups is 1. The summed E-state index contributed by atoms with van der Waals surface area (Å²) in [4.78, 5) is 18.4. The number of nitrogens with one attached hydrogen (secondary N) is 1. The Balaban J connectivity index is 2.19. The Bertz CT molecular complexity index is 622. The second-order valence-corrected chi connectivity index (χ2v) is 3.98. The van der Waals surface area contributed by atoms with Crippen LogP contribution in [0.1, 0.15) is 16.2 Å². The molecule has 0 saturated carbocycles. The zero-order valence-electron chi connectivity index (χ0n) is 10.5. The maximum absolute atomic E-state index is 12.0. The van der Waals surface area contributed by atoms with Crippen LogP contribution in [0.3, 0.4) is 0 Å². The number of esters is 1. The van der Waals surface area contributed by atoms with Crippen LogP contribution in [-0.2, 0) is 16.1 Å². The molecule has 0 aliphatic carbocycles. The summed E-state index contributed by atoms with van der Waals surface area (Å²) in [6.07, 6.45) is -4.39. The van der Waals surface area contributed by atoms with Crippen molar-refractivity contribution in [2.75, 3.05) is 13.7 Å². The number of nitrogens with zero attached hydrogens (tertiary/aromatic N) is 1. The van der Waals surface area contributed by atoms with Gasteiger partial charge in [0.25, 0.3) is 0 Å². The molecule has 0 aliphatic heterocycles. The summed E-state index contributed by atoms with van der Waals surface area (Å²) in [6.45, 7) is -1.68. The lowest BCUT2D eigenvalue weighted by molar-refractivity contribution is -0.177. The van der Waals surface area contributed by atoms with Gasteiger partial charge >= 0.3 is 12.1 Å². The van der Waals surface area contributed by atoms with Gasteiger partial charge in [-0.25, -0.2) is 9.78 Å². The fraction of sp³-hybridized carbons (Fsp3) is 0.333. The van der Waals surface area contributed by atoms with Crippen LogP contribution in [-0.4, -0.2) is 35.8 Å². The van der Waals surface area contributed by atoms with Gasteiger partial charge in [-0.05, 0) is 12.1 Å². The fourth-order valence-electron chi connectivity index (χ4n) is 1.69. The molecule has 20 heavy (non-hydrogen) atoms. The molecule has 8 heteroatoms. The Hall–Kier alpha value is -2.09. The van der Waals surface area contributed by atoms with E-state index >= 15 is 0 Å². The minimum atomic E-state index is -4.39. The third-order valence-corrected chi connectivity index (χ3v) is 2.47. The highest BCUT2D eigenvalue weighted by molar-refractivity contribution is 6.01. The molecule has 1 N–H and O–H groups in total. The molecule has 1 aromatic carbocycles. The summed E-state index contributed by atoms with van der Waals surface area (Å²) >= 11 is 0. The van der Waals surface area contributed by atoms with Crippen LogP contribution in [0, 0.1) is 0 Å². The molecule has 2 aromatic rings. The third kappa shape index (κ3) is 3.27. The van der Waals surface area contributed by atoms with E-state index in [1.54, 1.807) is 12.1 Å². The lowest BCUT2D eigenvalue weighted by atomic mass is 10.2. The van der Waals surface area contributed by atoms with Crippen LogP contribution in [0.5, 0.6) is 0 Å². The van der Waals surface area contributed by atoms with Gasteiger partial charge in [-0.3, -0.25) is 0 Å². The number of ether oxygens (including phenoxy) is 2. The largest absolute Gasteiger partial charge is 0.465 e. The molecule has 108 valence electrons. The van der Waals surface area contributed by atoms with Crippen molar-refractivity contribution in [1.29, 1.82) is 0 Å². The first kappa shape index (κ1) is 14.3. The average Bonchev–Trinajstić information content (AvgIpc) is 2.78. The highest BCUT2D eigenvalue weighted by Crippen LogP contribution is 2.19. The summed E-state index contributed by atoms with van der Waals surface area (Å²) in [6, 6.07) is 4.80. The number of para-hydroxylation sites is 1. The zero-order chi connectivity index (χ0) is 14.8. The topological polar surface area (TPSA) is 64.2 Å². The molecule has 0 saturated heterocycles. The van der Waals surface area contributed by atoms with Gasteiger partial charge in [0.1, 0.15) is 24.6 Å². The van der Waals surface area contributed by atoms with Crippen molar-refractivity contribution in [3.63, 3.8) is 0 Å². The van der Waals surface area contributed by atoms with Crippen molar-refractivity contribution in [3.05, 3.63) is 29.6 Å². The van der Waals surface area contributed by atoms with Gasteiger partial charge in [-0.1, -0.05) is 6.07 Å². The number of carbonyl (C=O) groups excluding carboxylic acids is 1. The van der Waals surface area contributed by atoms with Crippen molar-refractivity contribution in [3.8, 4) is 0 Å². The van der Waals surface area contributed by atoms with Gasteiger partial charge < -0.3 is 14.5 Å². The molecule has 2 rings (SSSR count). The Morgan fingerprint density at radius 3 is 2.80 bits per heavy atom. The number of hydrogen-bond donors (Lipinski definition) is 1. The first-order valence-corrected chi connectivity index (χ1v) is 5.61. The van der Waals surface area contributed by atoms with Crippen molar-refractivity contribution < 1.29 is 27.4 Å². The standard InChI is InChI=1S/C12H11F3N2O3/c1-19-11(18)7-3-2-4-8-10(7)17-9(16-8)5-20-6-12(13,14)15/h2-4H,5-6H2,1H3,(H,16,17). The minimum Gasteiger partial charge on any atom is -0.465 e. The van der Waals surface area contributed by atoms with Crippen molar-refractivity contribution in [2.45, 2.75) is 12.8 Å². The highest BCUT2D eigenvalue weighted by Gasteiger charge is 2.27. The molecule has 0 amide bonds. The molecule has 5 nitrogen and oxygen atoms in total. The lowest BCUT2D eigenvalue weighted by Crippen LogP contribution is -2.16. The smallest absolute Gasteiger partial charge is 0.411 e. The van der Waals surface area contributed by atoms with Crippen LogP contribution in [0.25, 0.3) is 11.0 Å². The molecule has 1 aromatic heterocycles. The number of fused-ring (bicyclic) bond motifs is 1. The summed E-state index contributed by atoms with van der Waals surface area (Å²) in [5, 5.41) is 0. The number of aromatic nitrogens is 2. The number of halogens is 3. The van der Waals surface area contributed by atoms with Gasteiger partial charge in [0.15, 0.2) is 0 Å². The monoisotopic (exact) mass is 288 g/mol. The van der Waals surface area contributed by atoms with E-state index in [1.807, 2.05) is 0 Å². The SMILES string of the molecule is COC(=O)c1cccc2[nH]c(COCC(F)(F)F)nc12. The summed E-state index contributed by atoms with van der Waals surface area (Å²) in [7, 11) is 1.24. The van der Waals surface area contributed by atoms with E-state index < -0.39 is 18.8 Å². The molecule has 0 bridgehead atoms. The van der Waals surface area contributed by atoms with E-state index in [1.165, 1.54) is 13.2 Å². The maximum atomic E-state index is 12.0. The Labute approximate surface area is 111 Å². The molecule has 0 radical (unpaired) electrons. The number of imidazole rings is 1. The predicted octanol–water partition coefficient (Wildman–Crippen LogP) is 2.43. The van der Waals surface area contributed by atoms with E-state index in [0.29, 0.717) is 11.0 Å². The van der Waals surface area contributed by atoms with Crippen LogP contribution in [0.2, 0.25) is 0 Å². The second kappa shape index (κ2) is 5.49. The maximum Gasteiger partial charge on any atom is 0.411 e. The predicted molar refractivity (Wildman–Crippen MR) is 63.1 cm³/mol. The Morgan fingerprint density at radius 1 is 1.40 bits per heavy atom. The van der Waals surface area contributed by atoms with Gasteiger partial charge in [0, 0.05) is 0 Å². The van der Waals surface area contributed by atoms with E-state index in [9.17, 15) is 18.0 Å². The van der Waals surface area contributed by atoms with Crippen molar-refractivity contribution in [1.82, 2.24) is 9.97 Å². The van der Waals surface area contributed by atoms with Crippen LogP contribution in [0.4, 0.5) is 13.2 Å². The van der Waals surface area contributed by atoms with Crippen LogP contribution >= 0.6 is 0 Å². The molecule has 0 unspecified atom stereocenters. The average molecular weight is 288 g/mol. The normalized spacial score (nSPS) is 11.8. The molecule has 1 heterocycles. The van der Waals surface area contributed by atoms with E-state index in [2.05, 4.69) is 19.4 Å². The first-order valence-electron chi connectivity index (χ1n) is 5.61. The summed E-state index contributed by atoms with van der Waals surface area (Å²) < 4.78 is 45.0. The van der Waals surface area contributed by atoms with Crippen molar-refractivity contribution in [2.24, 2.45) is 0 Å². The highest BCUT2D eigenvalue weighted by atomic mass is 19.4. The molecule has 0 aliphatic rings. The number of methoxy groups -OCH3 is 1. The Kier molecular flexibility index (Phi) is 3.93. The van der Waals surface area contributed by atoms with E-state index in [0.717, 1.165) is 0 Å². The minimum absolute atomic E-state index is 0.209. The summed E-state index contributed by atoms with van der Waals surface area (Å²) in [5.41, 5.74) is 1.10. The zero-order valence-corrected chi connectivity index (χ0v) is 10.5. The van der Waals surface area contributed by atoms with E-state index in [4.69, 9.17) is 0 Å². The number of aromatic amines is 1. The number of hydrogen-bond acceptors (Lipinski definition) is 4. The lowest BCUT2D eigenvalue weighted by Gasteiger charge is -2.05. The fourth-order valence-corrected chi connectivity index (χ4v) is 1.69. The quantitative estimate of drug-likeness (QED) is 0.878.